The van der Waals surface area contributed by atoms with E-state index in [1.165, 1.54) is 11.5 Å². The molecule has 72 valence electrons. The second-order valence-electron chi connectivity index (χ2n) is 2.64. The molecular formula is C9H7ClN2OS. The van der Waals surface area contributed by atoms with Crippen LogP contribution >= 0.6 is 23.1 Å². The normalized spacial score (nSPS) is 10.1. The van der Waals surface area contributed by atoms with Crippen LogP contribution in [0.25, 0.3) is 0 Å². The number of hydrogen-bond donors (Lipinski definition) is 0. The lowest BCUT2D eigenvalue weighted by Crippen LogP contribution is -1.95. The van der Waals surface area contributed by atoms with Crippen LogP contribution in [0.2, 0.25) is 5.02 Å². The van der Waals surface area contributed by atoms with Crippen LogP contribution in [-0.4, -0.2) is 9.59 Å². The van der Waals surface area contributed by atoms with Crippen LogP contribution in [0.1, 0.15) is 5.69 Å². The summed E-state index contributed by atoms with van der Waals surface area (Å²) < 4.78 is 9.19. The predicted molar refractivity (Wildman–Crippen MR) is 55.7 cm³/mol. The summed E-state index contributed by atoms with van der Waals surface area (Å²) in [7, 11) is 0. The SMILES string of the molecule is Clc1ccc(OCc2csnn2)cc1. The highest BCUT2D eigenvalue weighted by Gasteiger charge is 1.97. The number of benzene rings is 1. The van der Waals surface area contributed by atoms with Gasteiger partial charge in [0.2, 0.25) is 0 Å². The lowest BCUT2D eigenvalue weighted by Gasteiger charge is -2.02. The summed E-state index contributed by atoms with van der Waals surface area (Å²) in [6.07, 6.45) is 0. The highest BCUT2D eigenvalue weighted by Crippen LogP contribution is 2.16. The highest BCUT2D eigenvalue weighted by atomic mass is 35.5. The van der Waals surface area contributed by atoms with Crippen LogP contribution in [0.4, 0.5) is 0 Å². The van der Waals surface area contributed by atoms with Crippen molar-refractivity contribution in [3.63, 3.8) is 0 Å². The summed E-state index contributed by atoms with van der Waals surface area (Å²) >= 11 is 7.05. The predicted octanol–water partition coefficient (Wildman–Crippen LogP) is 2.77. The average Bonchev–Trinajstić information content (AvgIpc) is 2.70. The third kappa shape index (κ3) is 2.43. The van der Waals surface area contributed by atoms with Crippen molar-refractivity contribution < 1.29 is 4.74 Å². The van der Waals surface area contributed by atoms with E-state index in [1.807, 2.05) is 17.5 Å². The molecule has 1 aromatic heterocycles. The molecule has 1 aromatic carbocycles. The Labute approximate surface area is 90.5 Å². The minimum Gasteiger partial charge on any atom is -0.487 e. The Kier molecular flexibility index (Phi) is 2.96. The van der Waals surface area contributed by atoms with Gasteiger partial charge in [0.15, 0.2) is 0 Å². The first kappa shape index (κ1) is 9.43. The largest absolute Gasteiger partial charge is 0.487 e. The molecule has 2 aromatic rings. The highest BCUT2D eigenvalue weighted by molar-refractivity contribution is 7.03. The quantitative estimate of drug-likeness (QED) is 0.807. The van der Waals surface area contributed by atoms with Crippen molar-refractivity contribution in [1.29, 1.82) is 0 Å². The number of aromatic nitrogens is 2. The van der Waals surface area contributed by atoms with Gasteiger partial charge >= 0.3 is 0 Å². The van der Waals surface area contributed by atoms with Gasteiger partial charge in [-0.05, 0) is 35.8 Å². The Morgan fingerprint density at radius 3 is 2.71 bits per heavy atom. The molecule has 0 saturated heterocycles. The van der Waals surface area contributed by atoms with E-state index < -0.39 is 0 Å². The van der Waals surface area contributed by atoms with Gasteiger partial charge in [-0.1, -0.05) is 16.1 Å². The van der Waals surface area contributed by atoms with E-state index in [9.17, 15) is 0 Å². The zero-order chi connectivity index (χ0) is 9.80. The third-order valence-electron chi connectivity index (χ3n) is 1.61. The maximum atomic E-state index is 5.74. The second-order valence-corrected chi connectivity index (χ2v) is 3.69. The summed E-state index contributed by atoms with van der Waals surface area (Å²) in [5, 5.41) is 6.42. The zero-order valence-corrected chi connectivity index (χ0v) is 8.76. The molecule has 3 nitrogen and oxygen atoms in total. The molecule has 14 heavy (non-hydrogen) atoms. The maximum absolute atomic E-state index is 5.74. The summed E-state index contributed by atoms with van der Waals surface area (Å²) in [5.74, 6) is 0.780. The first-order valence-corrected chi connectivity index (χ1v) is 5.20. The van der Waals surface area contributed by atoms with E-state index in [0.29, 0.717) is 11.6 Å². The molecule has 0 fully saturated rings. The lowest BCUT2D eigenvalue weighted by atomic mass is 10.3. The van der Waals surface area contributed by atoms with Gasteiger partial charge in [-0.2, -0.15) is 0 Å². The van der Waals surface area contributed by atoms with E-state index in [4.69, 9.17) is 16.3 Å². The fourth-order valence-corrected chi connectivity index (χ4v) is 1.50. The van der Waals surface area contributed by atoms with Crippen LogP contribution < -0.4 is 4.74 Å². The molecule has 1 heterocycles. The van der Waals surface area contributed by atoms with Crippen LogP contribution in [0.15, 0.2) is 29.6 Å². The fraction of sp³-hybridized carbons (Fsp3) is 0.111. The molecule has 0 unspecified atom stereocenters. The number of halogens is 1. The monoisotopic (exact) mass is 226 g/mol. The molecule has 0 spiro atoms. The van der Waals surface area contributed by atoms with Crippen molar-refractivity contribution in [2.24, 2.45) is 0 Å². The van der Waals surface area contributed by atoms with Crippen molar-refractivity contribution in [2.75, 3.05) is 0 Å². The number of ether oxygens (including phenoxy) is 1. The summed E-state index contributed by atoms with van der Waals surface area (Å²) in [6, 6.07) is 7.22. The smallest absolute Gasteiger partial charge is 0.133 e. The Morgan fingerprint density at radius 1 is 1.29 bits per heavy atom. The summed E-state index contributed by atoms with van der Waals surface area (Å²) in [4.78, 5) is 0. The van der Waals surface area contributed by atoms with Crippen LogP contribution in [0, 0.1) is 0 Å². The van der Waals surface area contributed by atoms with Crippen LogP contribution in [0.5, 0.6) is 5.75 Å². The van der Waals surface area contributed by atoms with Crippen LogP contribution in [0.3, 0.4) is 0 Å². The van der Waals surface area contributed by atoms with Crippen molar-refractivity contribution in [2.45, 2.75) is 6.61 Å². The number of nitrogens with zero attached hydrogens (tertiary/aromatic N) is 2. The maximum Gasteiger partial charge on any atom is 0.133 e. The summed E-state index contributed by atoms with van der Waals surface area (Å²) in [6.45, 7) is 0.443. The van der Waals surface area contributed by atoms with E-state index in [0.717, 1.165) is 11.4 Å². The summed E-state index contributed by atoms with van der Waals surface area (Å²) in [5.41, 5.74) is 0.838. The van der Waals surface area contributed by atoms with Gasteiger partial charge in [-0.25, -0.2) is 0 Å². The fourth-order valence-electron chi connectivity index (χ4n) is 0.935. The van der Waals surface area contributed by atoms with E-state index >= 15 is 0 Å². The van der Waals surface area contributed by atoms with Gasteiger partial charge < -0.3 is 4.74 Å². The molecule has 0 aliphatic rings. The Bertz CT molecular complexity index is 388. The standard InChI is InChI=1S/C9H7ClN2OS/c10-7-1-3-9(4-2-7)13-5-8-6-14-12-11-8/h1-4,6H,5H2. The first-order chi connectivity index (χ1) is 6.84. The first-order valence-electron chi connectivity index (χ1n) is 3.99. The van der Waals surface area contributed by atoms with Gasteiger partial charge in [0.25, 0.3) is 0 Å². The van der Waals surface area contributed by atoms with Crippen molar-refractivity contribution in [1.82, 2.24) is 9.59 Å². The van der Waals surface area contributed by atoms with Gasteiger partial charge in [-0.3, -0.25) is 0 Å². The van der Waals surface area contributed by atoms with Crippen molar-refractivity contribution in [3.8, 4) is 5.75 Å². The second kappa shape index (κ2) is 4.39. The number of rotatable bonds is 3. The van der Waals surface area contributed by atoms with Gasteiger partial charge in [0, 0.05) is 10.4 Å². The molecule has 0 aliphatic heterocycles. The molecule has 0 radical (unpaired) electrons. The Hall–Kier alpha value is -1.13. The average molecular weight is 227 g/mol. The van der Waals surface area contributed by atoms with Crippen LogP contribution in [-0.2, 0) is 6.61 Å². The van der Waals surface area contributed by atoms with Crippen molar-refractivity contribution >= 4 is 23.1 Å². The minimum absolute atomic E-state index is 0.443. The van der Waals surface area contributed by atoms with Gasteiger partial charge in [0.1, 0.15) is 18.1 Å². The molecule has 0 amide bonds. The number of hydrogen-bond acceptors (Lipinski definition) is 4. The molecule has 0 N–H and O–H groups in total. The lowest BCUT2D eigenvalue weighted by molar-refractivity contribution is 0.301. The van der Waals surface area contributed by atoms with E-state index in [-0.39, 0.29) is 0 Å². The molecule has 0 atom stereocenters. The van der Waals surface area contributed by atoms with Gasteiger partial charge in [-0.15, -0.1) is 5.10 Å². The minimum atomic E-state index is 0.443. The zero-order valence-electron chi connectivity index (χ0n) is 7.18. The molecule has 5 heteroatoms. The Balaban J connectivity index is 1.95. The molecule has 2 rings (SSSR count). The van der Waals surface area contributed by atoms with E-state index in [1.54, 1.807) is 12.1 Å². The molecular weight excluding hydrogens is 220 g/mol. The third-order valence-corrected chi connectivity index (χ3v) is 2.41. The van der Waals surface area contributed by atoms with Crippen molar-refractivity contribution in [3.05, 3.63) is 40.4 Å². The molecule has 0 aliphatic carbocycles. The molecule has 0 bridgehead atoms. The topological polar surface area (TPSA) is 35.0 Å². The van der Waals surface area contributed by atoms with Gasteiger partial charge in [0.05, 0.1) is 0 Å². The van der Waals surface area contributed by atoms with E-state index in [2.05, 4.69) is 9.59 Å². The Morgan fingerprint density at radius 2 is 2.07 bits per heavy atom. The molecule has 0 saturated carbocycles.